The maximum atomic E-state index is 12.5. The first-order valence-corrected chi connectivity index (χ1v) is 9.79. The van der Waals surface area contributed by atoms with Crippen LogP contribution in [-0.4, -0.2) is 34.2 Å². The first-order valence-electron chi connectivity index (χ1n) is 7.94. The second-order valence-electron chi connectivity index (χ2n) is 5.96. The van der Waals surface area contributed by atoms with E-state index in [4.69, 9.17) is 4.74 Å². The number of carbonyl (C=O) groups excluding carboxylic acids is 1. The van der Waals surface area contributed by atoms with Crippen LogP contribution in [0.3, 0.4) is 0 Å². The van der Waals surface area contributed by atoms with Crippen molar-refractivity contribution in [2.24, 2.45) is 0 Å². The Morgan fingerprint density at radius 3 is 2.52 bits per heavy atom. The van der Waals surface area contributed by atoms with Crippen LogP contribution in [0.2, 0.25) is 0 Å². The molecule has 1 aliphatic heterocycles. The van der Waals surface area contributed by atoms with E-state index in [1.54, 1.807) is 49.6 Å². The summed E-state index contributed by atoms with van der Waals surface area (Å²) in [6, 6.07) is 12.2. The van der Waals surface area contributed by atoms with Crippen LogP contribution in [-0.2, 0) is 16.4 Å². The number of rotatable bonds is 4. The third-order valence-corrected chi connectivity index (χ3v) is 5.35. The van der Waals surface area contributed by atoms with Crippen molar-refractivity contribution in [3.8, 4) is 5.75 Å². The Kier molecular flexibility index (Phi) is 4.67. The average molecular weight is 360 g/mol. The lowest BCUT2D eigenvalue weighted by Gasteiger charge is -2.29. The third-order valence-electron chi connectivity index (χ3n) is 4.17. The molecule has 0 aliphatic carbocycles. The average Bonchev–Trinajstić information content (AvgIpc) is 2.60. The highest BCUT2D eigenvalue weighted by molar-refractivity contribution is 7.92. The lowest BCUT2D eigenvalue weighted by Crippen LogP contribution is -2.34. The number of amides is 1. The van der Waals surface area contributed by atoms with E-state index in [2.05, 4.69) is 5.32 Å². The number of aryl methyl sites for hydroxylation is 1. The summed E-state index contributed by atoms with van der Waals surface area (Å²) in [7, 11) is -1.72. The van der Waals surface area contributed by atoms with Gasteiger partial charge in [0.2, 0.25) is 10.0 Å². The number of methoxy groups -OCH3 is 1. The Morgan fingerprint density at radius 1 is 1.16 bits per heavy atom. The molecular formula is C18H20N2O4S. The SMILES string of the molecule is COc1ccc(NC(=O)c2ccc3c(c2)CCCN3S(C)(=O)=O)cc1. The van der Waals surface area contributed by atoms with Gasteiger partial charge in [-0.05, 0) is 60.9 Å². The van der Waals surface area contributed by atoms with Crippen molar-refractivity contribution in [1.82, 2.24) is 0 Å². The van der Waals surface area contributed by atoms with Crippen molar-refractivity contribution in [3.05, 3.63) is 53.6 Å². The van der Waals surface area contributed by atoms with Gasteiger partial charge < -0.3 is 10.1 Å². The van der Waals surface area contributed by atoms with E-state index in [0.29, 0.717) is 29.2 Å². The predicted molar refractivity (Wildman–Crippen MR) is 97.9 cm³/mol. The first-order chi connectivity index (χ1) is 11.9. The van der Waals surface area contributed by atoms with Crippen molar-refractivity contribution >= 4 is 27.3 Å². The lowest BCUT2D eigenvalue weighted by atomic mass is 10.0. The molecular weight excluding hydrogens is 340 g/mol. The lowest BCUT2D eigenvalue weighted by molar-refractivity contribution is 0.102. The number of anilines is 2. The van der Waals surface area contributed by atoms with Crippen molar-refractivity contribution < 1.29 is 17.9 Å². The second kappa shape index (κ2) is 6.76. The predicted octanol–water partition coefficient (Wildman–Crippen LogP) is 2.66. The molecule has 25 heavy (non-hydrogen) atoms. The van der Waals surface area contributed by atoms with Gasteiger partial charge in [-0.3, -0.25) is 9.10 Å². The first kappa shape index (κ1) is 17.3. The van der Waals surface area contributed by atoms with Crippen LogP contribution in [0.1, 0.15) is 22.3 Å². The molecule has 132 valence electrons. The summed E-state index contributed by atoms with van der Waals surface area (Å²) in [6.45, 7) is 0.475. The number of hydrogen-bond acceptors (Lipinski definition) is 4. The summed E-state index contributed by atoms with van der Waals surface area (Å²) < 4.78 is 30.3. The Hall–Kier alpha value is -2.54. The van der Waals surface area contributed by atoms with E-state index in [1.807, 2.05) is 0 Å². The largest absolute Gasteiger partial charge is 0.497 e. The summed E-state index contributed by atoms with van der Waals surface area (Å²) in [5, 5.41) is 2.83. The number of hydrogen-bond donors (Lipinski definition) is 1. The summed E-state index contributed by atoms with van der Waals surface area (Å²) in [6.07, 6.45) is 2.70. The second-order valence-corrected chi connectivity index (χ2v) is 7.87. The molecule has 0 saturated carbocycles. The fourth-order valence-electron chi connectivity index (χ4n) is 2.93. The Bertz CT molecular complexity index is 892. The van der Waals surface area contributed by atoms with Crippen molar-refractivity contribution in [3.63, 3.8) is 0 Å². The fraction of sp³-hybridized carbons (Fsp3) is 0.278. The zero-order chi connectivity index (χ0) is 18.0. The number of benzene rings is 2. The summed E-state index contributed by atoms with van der Waals surface area (Å²) >= 11 is 0. The molecule has 2 aromatic carbocycles. The van der Waals surface area contributed by atoms with Crippen molar-refractivity contribution in [2.75, 3.05) is 29.5 Å². The molecule has 1 heterocycles. The van der Waals surface area contributed by atoms with Crippen LogP contribution in [0.5, 0.6) is 5.75 Å². The van der Waals surface area contributed by atoms with Gasteiger partial charge in [-0.15, -0.1) is 0 Å². The normalized spacial score (nSPS) is 13.9. The van der Waals surface area contributed by atoms with Crippen LogP contribution < -0.4 is 14.4 Å². The molecule has 0 saturated heterocycles. The minimum absolute atomic E-state index is 0.232. The number of ether oxygens (including phenoxy) is 1. The number of sulfonamides is 1. The van der Waals surface area contributed by atoms with E-state index in [1.165, 1.54) is 10.6 Å². The van der Waals surface area contributed by atoms with Gasteiger partial charge in [0.05, 0.1) is 19.1 Å². The molecule has 3 rings (SSSR count). The Morgan fingerprint density at radius 2 is 1.88 bits per heavy atom. The smallest absolute Gasteiger partial charge is 0.255 e. The monoisotopic (exact) mass is 360 g/mol. The van der Waals surface area contributed by atoms with E-state index in [9.17, 15) is 13.2 Å². The van der Waals surface area contributed by atoms with Gasteiger partial charge in [-0.25, -0.2) is 8.42 Å². The molecule has 0 atom stereocenters. The van der Waals surface area contributed by atoms with E-state index >= 15 is 0 Å². The van der Waals surface area contributed by atoms with Crippen molar-refractivity contribution in [2.45, 2.75) is 12.8 Å². The summed E-state index contributed by atoms with van der Waals surface area (Å²) in [5.74, 6) is 0.483. The van der Waals surface area contributed by atoms with Crippen molar-refractivity contribution in [1.29, 1.82) is 0 Å². The number of nitrogens with one attached hydrogen (secondary N) is 1. The molecule has 1 aliphatic rings. The van der Waals surface area contributed by atoms with E-state index in [0.717, 1.165) is 18.4 Å². The minimum Gasteiger partial charge on any atom is -0.497 e. The van der Waals surface area contributed by atoms with Gasteiger partial charge in [-0.2, -0.15) is 0 Å². The molecule has 1 N–H and O–H groups in total. The van der Waals surface area contributed by atoms with Crippen LogP contribution in [0.4, 0.5) is 11.4 Å². The topological polar surface area (TPSA) is 75.7 Å². The molecule has 7 heteroatoms. The van der Waals surface area contributed by atoms with Gasteiger partial charge in [0, 0.05) is 17.8 Å². The van der Waals surface area contributed by atoms with Crippen LogP contribution in [0, 0.1) is 0 Å². The highest BCUT2D eigenvalue weighted by atomic mass is 32.2. The third kappa shape index (κ3) is 3.76. The number of carbonyl (C=O) groups is 1. The van der Waals surface area contributed by atoms with E-state index < -0.39 is 10.0 Å². The molecule has 0 unspecified atom stereocenters. The number of nitrogens with zero attached hydrogens (tertiary/aromatic N) is 1. The zero-order valence-corrected chi connectivity index (χ0v) is 15.0. The highest BCUT2D eigenvalue weighted by Crippen LogP contribution is 2.30. The number of fused-ring (bicyclic) bond motifs is 1. The van der Waals surface area contributed by atoms with Crippen LogP contribution in [0.25, 0.3) is 0 Å². The standard InChI is InChI=1S/C18H20N2O4S/c1-24-16-8-6-15(7-9-16)19-18(21)14-5-10-17-13(12-14)4-3-11-20(17)25(2,22)23/h5-10,12H,3-4,11H2,1-2H3,(H,19,21). The van der Waals surface area contributed by atoms with Gasteiger partial charge in [0.1, 0.15) is 5.75 Å². The van der Waals surface area contributed by atoms with Gasteiger partial charge in [-0.1, -0.05) is 0 Å². The van der Waals surface area contributed by atoms with Crippen LogP contribution in [0.15, 0.2) is 42.5 Å². The molecule has 0 spiro atoms. The minimum atomic E-state index is -3.31. The molecule has 2 aromatic rings. The Balaban J connectivity index is 1.82. The quantitative estimate of drug-likeness (QED) is 0.909. The maximum absolute atomic E-state index is 12.5. The van der Waals surface area contributed by atoms with Gasteiger partial charge in [0.15, 0.2) is 0 Å². The zero-order valence-electron chi connectivity index (χ0n) is 14.2. The summed E-state index contributed by atoms with van der Waals surface area (Å²) in [5.41, 5.74) is 2.71. The molecule has 1 amide bonds. The molecule has 6 nitrogen and oxygen atoms in total. The molecule has 0 aromatic heterocycles. The maximum Gasteiger partial charge on any atom is 0.255 e. The molecule has 0 radical (unpaired) electrons. The molecule has 0 bridgehead atoms. The highest BCUT2D eigenvalue weighted by Gasteiger charge is 2.24. The molecule has 0 fully saturated rings. The van der Waals surface area contributed by atoms with E-state index in [-0.39, 0.29) is 5.91 Å². The van der Waals surface area contributed by atoms with Gasteiger partial charge in [0.25, 0.3) is 5.91 Å². The summed E-state index contributed by atoms with van der Waals surface area (Å²) in [4.78, 5) is 12.5. The Labute approximate surface area is 147 Å². The van der Waals surface area contributed by atoms with Crippen LogP contribution >= 0.6 is 0 Å². The van der Waals surface area contributed by atoms with Gasteiger partial charge >= 0.3 is 0 Å². The fourth-order valence-corrected chi connectivity index (χ4v) is 3.92.